The van der Waals surface area contributed by atoms with Gasteiger partial charge < -0.3 is 4.74 Å². The van der Waals surface area contributed by atoms with Gasteiger partial charge in [-0.1, -0.05) is 30.3 Å². The summed E-state index contributed by atoms with van der Waals surface area (Å²) in [5.41, 5.74) is 5.29. The molecule has 23 heavy (non-hydrogen) atoms. The highest BCUT2D eigenvalue weighted by Crippen LogP contribution is 2.30. The van der Waals surface area contributed by atoms with Crippen LogP contribution in [-0.2, 0) is 6.61 Å². The van der Waals surface area contributed by atoms with E-state index in [4.69, 9.17) is 4.74 Å². The number of hydrogen-bond donors (Lipinski definition) is 1. The van der Waals surface area contributed by atoms with Crippen LogP contribution < -0.4 is 10.2 Å². The predicted molar refractivity (Wildman–Crippen MR) is 90.5 cm³/mol. The molecule has 4 nitrogen and oxygen atoms in total. The maximum atomic E-state index is 12.0. The van der Waals surface area contributed by atoms with Crippen LogP contribution in [0.4, 0.5) is 0 Å². The van der Waals surface area contributed by atoms with Crippen LogP contribution in [-0.4, -0.2) is 11.6 Å². The first-order chi connectivity index (χ1) is 11.2. The van der Waals surface area contributed by atoms with Gasteiger partial charge in [0.1, 0.15) is 12.4 Å². The van der Waals surface area contributed by atoms with E-state index in [2.05, 4.69) is 10.5 Å². The molecule has 1 N–H and O–H groups in total. The molecule has 2 aromatic carbocycles. The second-order valence-electron chi connectivity index (χ2n) is 5.77. The smallest absolute Gasteiger partial charge is 0.271 e. The van der Waals surface area contributed by atoms with Crippen LogP contribution in [0.25, 0.3) is 0 Å². The normalized spacial score (nSPS) is 14.4. The number of rotatable bonds is 6. The minimum Gasteiger partial charge on any atom is -0.489 e. The Morgan fingerprint density at radius 2 is 1.83 bits per heavy atom. The zero-order valence-corrected chi connectivity index (χ0v) is 13.2. The Hall–Kier alpha value is -2.62. The molecule has 0 bridgehead atoms. The Labute approximate surface area is 136 Å². The van der Waals surface area contributed by atoms with Gasteiger partial charge in [-0.2, -0.15) is 5.10 Å². The summed E-state index contributed by atoms with van der Waals surface area (Å²) >= 11 is 0. The minimum absolute atomic E-state index is 0.195. The molecular formula is C19H20N2O2. The maximum absolute atomic E-state index is 12.0. The van der Waals surface area contributed by atoms with E-state index < -0.39 is 0 Å². The lowest BCUT2D eigenvalue weighted by Gasteiger charge is -2.07. The first-order valence-corrected chi connectivity index (χ1v) is 7.83. The van der Waals surface area contributed by atoms with E-state index in [1.807, 2.05) is 37.3 Å². The quantitative estimate of drug-likeness (QED) is 0.652. The first kappa shape index (κ1) is 15.3. The first-order valence-electron chi connectivity index (χ1n) is 7.83. The van der Waals surface area contributed by atoms with E-state index in [1.165, 1.54) is 12.8 Å². The van der Waals surface area contributed by atoms with Crippen LogP contribution in [0.3, 0.4) is 0 Å². The van der Waals surface area contributed by atoms with Crippen LogP contribution in [0.2, 0.25) is 0 Å². The van der Waals surface area contributed by atoms with Crippen molar-refractivity contribution in [1.82, 2.24) is 5.43 Å². The summed E-state index contributed by atoms with van der Waals surface area (Å²) in [6.45, 7) is 2.47. The third kappa shape index (κ3) is 4.42. The van der Waals surface area contributed by atoms with Gasteiger partial charge >= 0.3 is 0 Å². The number of amides is 1. The number of carbonyl (C=O) groups excluding carboxylic acids is 1. The third-order valence-electron chi connectivity index (χ3n) is 3.87. The van der Waals surface area contributed by atoms with Crippen LogP contribution in [0.15, 0.2) is 59.7 Å². The van der Waals surface area contributed by atoms with Gasteiger partial charge in [-0.3, -0.25) is 4.79 Å². The molecule has 0 aromatic heterocycles. The molecule has 118 valence electrons. The lowest BCUT2D eigenvalue weighted by molar-refractivity contribution is 0.0954. The van der Waals surface area contributed by atoms with Gasteiger partial charge in [-0.05, 0) is 55.5 Å². The van der Waals surface area contributed by atoms with Crippen LogP contribution in [0.5, 0.6) is 5.75 Å². The Kier molecular flexibility index (Phi) is 4.71. The number of carbonyl (C=O) groups is 1. The van der Waals surface area contributed by atoms with Crippen LogP contribution >= 0.6 is 0 Å². The van der Waals surface area contributed by atoms with Gasteiger partial charge in [0, 0.05) is 11.3 Å². The SMILES string of the molecule is CC(=NNC(=O)c1ccc(OCc2ccccc2)cc1)C1CC1. The predicted octanol–water partition coefficient (Wildman–Crippen LogP) is 3.78. The standard InChI is InChI=1S/C19H20N2O2/c1-14(16-7-8-16)20-21-19(22)17-9-11-18(12-10-17)23-13-15-5-3-2-4-6-15/h2-6,9-12,16H,7-8,13H2,1H3,(H,21,22). The van der Waals surface area contributed by atoms with Gasteiger partial charge in [-0.15, -0.1) is 0 Å². The van der Waals surface area contributed by atoms with Crippen molar-refractivity contribution in [2.75, 3.05) is 0 Å². The Morgan fingerprint density at radius 3 is 2.48 bits per heavy atom. The molecule has 0 aliphatic heterocycles. The van der Waals surface area contributed by atoms with Crippen molar-refractivity contribution in [3.8, 4) is 5.75 Å². The highest BCUT2D eigenvalue weighted by Gasteiger charge is 2.24. The summed E-state index contributed by atoms with van der Waals surface area (Å²) < 4.78 is 5.71. The summed E-state index contributed by atoms with van der Waals surface area (Å²) in [5, 5.41) is 4.15. The fraction of sp³-hybridized carbons (Fsp3) is 0.263. The van der Waals surface area contributed by atoms with Crippen LogP contribution in [0.1, 0.15) is 35.7 Å². The van der Waals surface area contributed by atoms with Crippen molar-refractivity contribution >= 4 is 11.6 Å². The van der Waals surface area contributed by atoms with Crippen molar-refractivity contribution in [2.24, 2.45) is 11.0 Å². The molecule has 1 fully saturated rings. The number of ether oxygens (including phenoxy) is 1. The van der Waals surface area contributed by atoms with Gasteiger partial charge in [-0.25, -0.2) is 5.43 Å². The molecule has 4 heteroatoms. The minimum atomic E-state index is -0.195. The van der Waals surface area contributed by atoms with Gasteiger partial charge in [0.2, 0.25) is 0 Å². The second kappa shape index (κ2) is 7.09. The molecular weight excluding hydrogens is 288 g/mol. The van der Waals surface area contributed by atoms with E-state index >= 15 is 0 Å². The number of nitrogens with one attached hydrogen (secondary N) is 1. The Morgan fingerprint density at radius 1 is 1.13 bits per heavy atom. The lowest BCUT2D eigenvalue weighted by Crippen LogP contribution is -2.19. The van der Waals surface area contributed by atoms with E-state index in [9.17, 15) is 4.79 Å². The van der Waals surface area contributed by atoms with E-state index in [1.54, 1.807) is 24.3 Å². The van der Waals surface area contributed by atoms with Crippen molar-refractivity contribution in [2.45, 2.75) is 26.4 Å². The molecule has 2 aromatic rings. The molecule has 3 rings (SSSR count). The highest BCUT2D eigenvalue weighted by atomic mass is 16.5. The monoisotopic (exact) mass is 308 g/mol. The third-order valence-corrected chi connectivity index (χ3v) is 3.87. The summed E-state index contributed by atoms with van der Waals surface area (Å²) in [6, 6.07) is 17.1. The fourth-order valence-corrected chi connectivity index (χ4v) is 2.24. The molecule has 1 saturated carbocycles. The molecule has 1 aliphatic rings. The number of nitrogens with zero attached hydrogens (tertiary/aromatic N) is 1. The van der Waals surface area contributed by atoms with Gasteiger partial charge in [0.05, 0.1) is 0 Å². The van der Waals surface area contributed by atoms with Crippen molar-refractivity contribution in [1.29, 1.82) is 0 Å². The number of hydrazone groups is 1. The average molecular weight is 308 g/mol. The largest absolute Gasteiger partial charge is 0.489 e. The van der Waals surface area contributed by atoms with Crippen molar-refractivity contribution < 1.29 is 9.53 Å². The van der Waals surface area contributed by atoms with Crippen LogP contribution in [0, 0.1) is 5.92 Å². The average Bonchev–Trinajstić information content (AvgIpc) is 3.44. The van der Waals surface area contributed by atoms with Gasteiger partial charge in [0.15, 0.2) is 0 Å². The number of hydrogen-bond acceptors (Lipinski definition) is 3. The molecule has 0 heterocycles. The topological polar surface area (TPSA) is 50.7 Å². The Balaban J connectivity index is 1.54. The zero-order valence-electron chi connectivity index (χ0n) is 13.2. The summed E-state index contributed by atoms with van der Waals surface area (Å²) in [5.74, 6) is 1.10. The molecule has 0 unspecified atom stereocenters. The van der Waals surface area contributed by atoms with Gasteiger partial charge in [0.25, 0.3) is 5.91 Å². The maximum Gasteiger partial charge on any atom is 0.271 e. The fourth-order valence-electron chi connectivity index (χ4n) is 2.24. The molecule has 1 amide bonds. The summed E-state index contributed by atoms with van der Waals surface area (Å²) in [7, 11) is 0. The van der Waals surface area contributed by atoms with E-state index in [0.29, 0.717) is 18.1 Å². The van der Waals surface area contributed by atoms with E-state index in [-0.39, 0.29) is 5.91 Å². The molecule has 0 atom stereocenters. The number of benzene rings is 2. The summed E-state index contributed by atoms with van der Waals surface area (Å²) in [4.78, 5) is 12.0. The van der Waals surface area contributed by atoms with Crippen molar-refractivity contribution in [3.05, 3.63) is 65.7 Å². The molecule has 0 saturated heterocycles. The lowest BCUT2D eigenvalue weighted by atomic mass is 10.2. The molecule has 0 spiro atoms. The second-order valence-corrected chi connectivity index (χ2v) is 5.77. The zero-order chi connectivity index (χ0) is 16.1. The Bertz CT molecular complexity index is 689. The van der Waals surface area contributed by atoms with Crippen molar-refractivity contribution in [3.63, 3.8) is 0 Å². The summed E-state index contributed by atoms with van der Waals surface area (Å²) in [6.07, 6.45) is 2.36. The molecule has 0 radical (unpaired) electrons. The molecule has 1 aliphatic carbocycles. The van der Waals surface area contributed by atoms with E-state index in [0.717, 1.165) is 17.0 Å². The highest BCUT2D eigenvalue weighted by molar-refractivity contribution is 5.95.